The van der Waals surface area contributed by atoms with Crippen molar-refractivity contribution in [1.29, 1.82) is 0 Å². The van der Waals surface area contributed by atoms with Gasteiger partial charge in [-0.1, -0.05) is 24.3 Å². The van der Waals surface area contributed by atoms with Crippen LogP contribution in [-0.4, -0.2) is 42.5 Å². The second-order valence-electron chi connectivity index (χ2n) is 6.34. The van der Waals surface area contributed by atoms with Crippen LogP contribution in [0.5, 0.6) is 0 Å². The number of alkyl carbamates (subject to hydrolysis) is 2. The highest BCUT2D eigenvalue weighted by atomic mass is 16.6. The summed E-state index contributed by atoms with van der Waals surface area (Å²) in [4.78, 5) is 34.4. The zero-order valence-electron chi connectivity index (χ0n) is 14.8. The maximum absolute atomic E-state index is 11.7. The third-order valence-corrected chi connectivity index (χ3v) is 3.07. The van der Waals surface area contributed by atoms with Crippen LogP contribution < -0.4 is 10.6 Å². The molecule has 0 aliphatic rings. The van der Waals surface area contributed by atoms with E-state index < -0.39 is 29.7 Å². The highest BCUT2D eigenvalue weighted by Crippen LogP contribution is 2.18. The lowest BCUT2D eigenvalue weighted by atomic mass is 9.97. The first kappa shape index (κ1) is 20.3. The predicted molar refractivity (Wildman–Crippen MR) is 90.3 cm³/mol. The van der Waals surface area contributed by atoms with E-state index >= 15 is 0 Å². The van der Waals surface area contributed by atoms with Gasteiger partial charge in [0.1, 0.15) is 12.2 Å². The summed E-state index contributed by atoms with van der Waals surface area (Å²) in [5.41, 5.74) is 0.464. The number of nitrogens with one attached hydrogen (secondary N) is 2. The fourth-order valence-corrected chi connectivity index (χ4v) is 1.97. The van der Waals surface area contributed by atoms with Crippen LogP contribution in [0.1, 0.15) is 37.8 Å². The van der Waals surface area contributed by atoms with E-state index in [-0.39, 0.29) is 13.2 Å². The smallest absolute Gasteiger partial charge is 0.407 e. The lowest BCUT2D eigenvalue weighted by Crippen LogP contribution is -2.36. The number of carbonyl (C=O) groups is 3. The molecule has 1 rings (SSSR count). The molecule has 0 aliphatic heterocycles. The average Bonchev–Trinajstić information content (AvgIpc) is 2.51. The molecule has 1 aromatic carbocycles. The van der Waals surface area contributed by atoms with Crippen LogP contribution in [0.2, 0.25) is 0 Å². The molecule has 1 aromatic rings. The highest BCUT2D eigenvalue weighted by Gasteiger charge is 2.23. The molecule has 2 amide bonds. The van der Waals surface area contributed by atoms with Crippen molar-refractivity contribution in [2.75, 3.05) is 13.6 Å². The summed E-state index contributed by atoms with van der Waals surface area (Å²) in [6, 6.07) is 6.64. The zero-order chi connectivity index (χ0) is 19.0. The molecular weight excluding hydrogens is 328 g/mol. The Labute approximate surface area is 146 Å². The quantitative estimate of drug-likeness (QED) is 0.723. The van der Waals surface area contributed by atoms with E-state index in [0.29, 0.717) is 11.1 Å². The molecular formula is C17H24N2O6. The zero-order valence-corrected chi connectivity index (χ0v) is 14.8. The van der Waals surface area contributed by atoms with E-state index in [0.717, 1.165) is 0 Å². The number of carboxylic acid groups (broad SMARTS) is 1. The van der Waals surface area contributed by atoms with Crippen LogP contribution in [0.25, 0.3) is 0 Å². The van der Waals surface area contributed by atoms with Crippen LogP contribution in [0, 0.1) is 0 Å². The number of aliphatic carboxylic acids is 1. The Morgan fingerprint density at radius 2 is 1.88 bits per heavy atom. The second-order valence-corrected chi connectivity index (χ2v) is 6.34. The largest absolute Gasteiger partial charge is 0.481 e. The van der Waals surface area contributed by atoms with Gasteiger partial charge in [-0.2, -0.15) is 0 Å². The molecule has 1 atom stereocenters. The molecule has 8 heteroatoms. The summed E-state index contributed by atoms with van der Waals surface area (Å²) < 4.78 is 10.0. The minimum absolute atomic E-state index is 0.0132. The fraction of sp³-hybridized carbons (Fsp3) is 0.471. The SMILES string of the molecule is CNC(=O)OCc1cccc(C(CNC(=O)OC(C)(C)C)C(=O)O)c1. The van der Waals surface area contributed by atoms with Gasteiger partial charge in [-0.3, -0.25) is 4.79 Å². The van der Waals surface area contributed by atoms with Gasteiger partial charge in [0.25, 0.3) is 0 Å². The van der Waals surface area contributed by atoms with Gasteiger partial charge in [0.05, 0.1) is 5.92 Å². The third kappa shape index (κ3) is 7.56. The van der Waals surface area contributed by atoms with Crippen LogP contribution in [-0.2, 0) is 20.9 Å². The number of benzene rings is 1. The van der Waals surface area contributed by atoms with E-state index in [4.69, 9.17) is 9.47 Å². The molecule has 0 aliphatic carbocycles. The number of hydrogen-bond acceptors (Lipinski definition) is 5. The number of amides is 2. The Morgan fingerprint density at radius 3 is 2.44 bits per heavy atom. The number of hydrogen-bond donors (Lipinski definition) is 3. The van der Waals surface area contributed by atoms with Gasteiger partial charge in [-0.15, -0.1) is 0 Å². The minimum Gasteiger partial charge on any atom is -0.481 e. The Bertz CT molecular complexity index is 624. The summed E-state index contributed by atoms with van der Waals surface area (Å²) in [5.74, 6) is -2.03. The van der Waals surface area contributed by atoms with E-state index in [1.54, 1.807) is 45.0 Å². The Kier molecular flexibility index (Phi) is 7.22. The summed E-state index contributed by atoms with van der Waals surface area (Å²) in [6.07, 6.45) is -1.26. The molecule has 0 saturated carbocycles. The average molecular weight is 352 g/mol. The van der Waals surface area contributed by atoms with Crippen molar-refractivity contribution in [3.63, 3.8) is 0 Å². The first-order valence-electron chi connectivity index (χ1n) is 7.75. The summed E-state index contributed by atoms with van der Waals surface area (Å²) in [5, 5.41) is 14.2. The molecule has 3 N–H and O–H groups in total. The van der Waals surface area contributed by atoms with Crippen LogP contribution >= 0.6 is 0 Å². The van der Waals surface area contributed by atoms with E-state index in [1.165, 1.54) is 7.05 Å². The predicted octanol–water partition coefficient (Wildman–Crippen LogP) is 2.24. The monoisotopic (exact) mass is 352 g/mol. The van der Waals surface area contributed by atoms with Gasteiger partial charge in [-0.05, 0) is 31.9 Å². The molecule has 8 nitrogen and oxygen atoms in total. The lowest BCUT2D eigenvalue weighted by molar-refractivity contribution is -0.138. The summed E-state index contributed by atoms with van der Waals surface area (Å²) in [6.45, 7) is 5.05. The Balaban J connectivity index is 2.77. The first-order chi connectivity index (χ1) is 11.6. The Morgan fingerprint density at radius 1 is 1.20 bits per heavy atom. The number of carboxylic acids is 1. The van der Waals surface area contributed by atoms with Crippen molar-refractivity contribution in [1.82, 2.24) is 10.6 Å². The van der Waals surface area contributed by atoms with Crippen LogP contribution in [0.4, 0.5) is 9.59 Å². The van der Waals surface area contributed by atoms with Gasteiger partial charge < -0.3 is 25.2 Å². The van der Waals surface area contributed by atoms with Crippen molar-refractivity contribution >= 4 is 18.2 Å². The van der Waals surface area contributed by atoms with Crippen LogP contribution in [0.15, 0.2) is 24.3 Å². The molecule has 1 unspecified atom stereocenters. The van der Waals surface area contributed by atoms with E-state index in [2.05, 4.69) is 10.6 Å². The number of carbonyl (C=O) groups excluding carboxylic acids is 2. The van der Waals surface area contributed by atoms with E-state index in [9.17, 15) is 19.5 Å². The Hall–Kier alpha value is -2.77. The van der Waals surface area contributed by atoms with Crippen LogP contribution in [0.3, 0.4) is 0 Å². The summed E-state index contributed by atoms with van der Waals surface area (Å²) in [7, 11) is 1.45. The van der Waals surface area contributed by atoms with Gasteiger partial charge in [-0.25, -0.2) is 9.59 Å². The topological polar surface area (TPSA) is 114 Å². The lowest BCUT2D eigenvalue weighted by Gasteiger charge is -2.21. The number of rotatable bonds is 6. The third-order valence-electron chi connectivity index (χ3n) is 3.07. The second kappa shape index (κ2) is 8.91. The van der Waals surface area contributed by atoms with E-state index in [1.807, 2.05) is 0 Å². The first-order valence-corrected chi connectivity index (χ1v) is 7.75. The molecule has 0 heterocycles. The van der Waals surface area contributed by atoms with Gasteiger partial charge in [0, 0.05) is 13.6 Å². The van der Waals surface area contributed by atoms with Crippen molar-refractivity contribution in [2.45, 2.75) is 38.9 Å². The standard InChI is InChI=1S/C17H24N2O6/c1-17(2,3)25-16(23)19-9-13(14(20)21)12-7-5-6-11(8-12)10-24-15(22)18-4/h5-8,13H,9-10H2,1-4H3,(H,18,22)(H,19,23)(H,20,21). The molecule has 0 bridgehead atoms. The van der Waals surface area contributed by atoms with Crippen molar-refractivity contribution in [2.24, 2.45) is 0 Å². The van der Waals surface area contributed by atoms with Gasteiger partial charge >= 0.3 is 18.2 Å². The maximum atomic E-state index is 11.7. The minimum atomic E-state index is -1.08. The molecule has 25 heavy (non-hydrogen) atoms. The molecule has 0 saturated heterocycles. The fourth-order valence-electron chi connectivity index (χ4n) is 1.97. The summed E-state index contributed by atoms with van der Waals surface area (Å²) >= 11 is 0. The van der Waals surface area contributed by atoms with Crippen molar-refractivity contribution < 1.29 is 29.0 Å². The molecule has 138 valence electrons. The maximum Gasteiger partial charge on any atom is 0.407 e. The normalized spacial score (nSPS) is 12.0. The molecule has 0 fully saturated rings. The molecule has 0 radical (unpaired) electrons. The van der Waals surface area contributed by atoms with Gasteiger partial charge in [0.15, 0.2) is 0 Å². The van der Waals surface area contributed by atoms with Gasteiger partial charge in [0.2, 0.25) is 0 Å². The van der Waals surface area contributed by atoms with Crippen molar-refractivity contribution in [3.05, 3.63) is 35.4 Å². The van der Waals surface area contributed by atoms with Crippen molar-refractivity contribution in [3.8, 4) is 0 Å². The highest BCUT2D eigenvalue weighted by molar-refractivity contribution is 5.77. The molecule has 0 aromatic heterocycles. The number of ether oxygens (including phenoxy) is 2. The molecule has 0 spiro atoms.